The molecule has 0 saturated carbocycles. The molecule has 2 bridgehead atoms. The second kappa shape index (κ2) is 7.22. The Morgan fingerprint density at radius 3 is 2.59 bits per heavy atom. The molecule has 1 saturated heterocycles. The Kier molecular flexibility index (Phi) is 5.13. The van der Waals surface area contributed by atoms with Gasteiger partial charge in [-0.05, 0) is 39.2 Å². The van der Waals surface area contributed by atoms with Crippen molar-refractivity contribution < 1.29 is 14.3 Å². The largest absolute Gasteiger partial charge is 0.444 e. The van der Waals surface area contributed by atoms with Gasteiger partial charge in [0.1, 0.15) is 11.1 Å². The first-order chi connectivity index (χ1) is 12.8. The van der Waals surface area contributed by atoms with Crippen LogP contribution in [-0.4, -0.2) is 45.5 Å². The third-order valence-electron chi connectivity index (χ3n) is 4.99. The van der Waals surface area contributed by atoms with E-state index in [1.165, 1.54) is 0 Å². The van der Waals surface area contributed by atoms with Crippen LogP contribution in [0, 0.1) is 0 Å². The Morgan fingerprint density at radius 2 is 2.04 bits per heavy atom. The van der Waals surface area contributed by atoms with Crippen LogP contribution in [0.4, 0.5) is 4.79 Å². The summed E-state index contributed by atoms with van der Waals surface area (Å²) < 4.78 is 5.59. The average molecular weight is 368 g/mol. The fourth-order valence-electron chi connectivity index (χ4n) is 3.87. The Bertz CT molecular complexity index is 751. The van der Waals surface area contributed by atoms with Crippen LogP contribution in [0.25, 0.3) is 0 Å². The zero-order valence-electron chi connectivity index (χ0n) is 16.4. The maximum absolute atomic E-state index is 13.6. The van der Waals surface area contributed by atoms with E-state index >= 15 is 0 Å². The van der Waals surface area contributed by atoms with E-state index in [9.17, 15) is 9.59 Å². The number of carbonyl (C=O) groups excluding carboxylic acids is 2. The summed E-state index contributed by atoms with van der Waals surface area (Å²) in [5.74, 6) is -0.0756. The van der Waals surface area contributed by atoms with Crippen LogP contribution in [0.3, 0.4) is 0 Å². The van der Waals surface area contributed by atoms with Crippen LogP contribution in [0.1, 0.15) is 39.2 Å². The molecule has 2 heterocycles. The van der Waals surface area contributed by atoms with Crippen LogP contribution in [0.15, 0.2) is 55.1 Å². The maximum Gasteiger partial charge on any atom is 0.411 e. The molecule has 144 valence electrons. The molecule has 1 aromatic rings. The lowest BCUT2D eigenvalue weighted by molar-refractivity contribution is -0.140. The Morgan fingerprint density at radius 1 is 1.33 bits per heavy atom. The average Bonchev–Trinajstić information content (AvgIpc) is 3.17. The molecule has 2 aliphatic rings. The van der Waals surface area contributed by atoms with Crippen molar-refractivity contribution in [2.75, 3.05) is 6.54 Å². The molecular formula is C22H28N2O3. The minimum atomic E-state index is -0.954. The van der Waals surface area contributed by atoms with Gasteiger partial charge in [-0.2, -0.15) is 0 Å². The molecule has 2 unspecified atom stereocenters. The van der Waals surface area contributed by atoms with Crippen LogP contribution < -0.4 is 0 Å². The van der Waals surface area contributed by atoms with Crippen molar-refractivity contribution in [3.8, 4) is 0 Å². The normalized spacial score (nSPS) is 23.4. The zero-order chi connectivity index (χ0) is 19.7. The molecule has 2 amide bonds. The van der Waals surface area contributed by atoms with E-state index in [4.69, 9.17) is 4.74 Å². The van der Waals surface area contributed by atoms with Crippen molar-refractivity contribution in [2.24, 2.45) is 0 Å². The summed E-state index contributed by atoms with van der Waals surface area (Å²) in [4.78, 5) is 29.8. The molecule has 3 rings (SSSR count). The van der Waals surface area contributed by atoms with Crippen LogP contribution in [0.2, 0.25) is 0 Å². The monoisotopic (exact) mass is 368 g/mol. The standard InChI is InChI=1S/C22H28N2O3/c1-5-15-23(16-17-9-7-6-8-10-17)19(25)22-13-11-18(12-14-22)24(22)20(26)27-21(2,3)4/h5-11,13,18H,1,12,14-16H2,2-4H3. The number of fused-ring (bicyclic) bond motifs is 2. The summed E-state index contributed by atoms with van der Waals surface area (Å²) in [7, 11) is 0. The molecule has 2 aliphatic heterocycles. The summed E-state index contributed by atoms with van der Waals surface area (Å²) in [5.41, 5.74) is -0.511. The highest BCUT2D eigenvalue weighted by molar-refractivity contribution is 5.94. The van der Waals surface area contributed by atoms with Crippen molar-refractivity contribution in [2.45, 2.75) is 57.3 Å². The van der Waals surface area contributed by atoms with Gasteiger partial charge in [0.15, 0.2) is 0 Å². The molecule has 1 fully saturated rings. The summed E-state index contributed by atoms with van der Waals surface area (Å²) in [6.07, 6.45) is 6.53. The molecule has 0 radical (unpaired) electrons. The highest BCUT2D eigenvalue weighted by atomic mass is 16.6. The molecule has 0 N–H and O–H groups in total. The molecule has 0 spiro atoms. The number of rotatable bonds is 5. The fourth-order valence-corrected chi connectivity index (χ4v) is 3.87. The van der Waals surface area contributed by atoms with Gasteiger partial charge in [0.25, 0.3) is 5.91 Å². The van der Waals surface area contributed by atoms with Crippen molar-refractivity contribution in [1.29, 1.82) is 0 Å². The van der Waals surface area contributed by atoms with E-state index in [1.807, 2.05) is 63.3 Å². The van der Waals surface area contributed by atoms with Gasteiger partial charge in [0.2, 0.25) is 0 Å². The predicted molar refractivity (Wildman–Crippen MR) is 105 cm³/mol. The zero-order valence-corrected chi connectivity index (χ0v) is 16.4. The second-order valence-corrected chi connectivity index (χ2v) is 8.20. The highest BCUT2D eigenvalue weighted by Gasteiger charge is 2.57. The molecule has 0 aromatic heterocycles. The Hall–Kier alpha value is -2.56. The predicted octanol–water partition coefficient (Wildman–Crippen LogP) is 3.91. The lowest BCUT2D eigenvalue weighted by Crippen LogP contribution is -2.57. The third kappa shape index (κ3) is 3.77. The fraction of sp³-hybridized carbons (Fsp3) is 0.455. The third-order valence-corrected chi connectivity index (χ3v) is 4.99. The van der Waals surface area contributed by atoms with Gasteiger partial charge in [-0.3, -0.25) is 9.69 Å². The number of carbonyl (C=O) groups is 2. The quantitative estimate of drug-likeness (QED) is 0.741. The first-order valence-corrected chi connectivity index (χ1v) is 9.43. The number of hydrogen-bond acceptors (Lipinski definition) is 3. The molecule has 2 atom stereocenters. The topological polar surface area (TPSA) is 49.9 Å². The Balaban J connectivity index is 1.86. The van der Waals surface area contributed by atoms with Gasteiger partial charge in [0, 0.05) is 13.1 Å². The number of nitrogens with zero attached hydrogens (tertiary/aromatic N) is 2. The van der Waals surface area contributed by atoms with Gasteiger partial charge >= 0.3 is 6.09 Å². The number of hydrogen-bond donors (Lipinski definition) is 0. The number of ether oxygens (including phenoxy) is 1. The van der Waals surface area contributed by atoms with Crippen molar-refractivity contribution in [3.05, 3.63) is 60.7 Å². The number of amides is 2. The molecule has 27 heavy (non-hydrogen) atoms. The SMILES string of the molecule is C=CCN(Cc1ccccc1)C(=O)C12C=CC(CC1)N2C(=O)OC(C)(C)C. The van der Waals surface area contributed by atoms with E-state index in [0.717, 1.165) is 12.0 Å². The lowest BCUT2D eigenvalue weighted by atomic mass is 9.91. The van der Waals surface area contributed by atoms with E-state index in [1.54, 1.807) is 15.9 Å². The molecule has 5 heteroatoms. The second-order valence-electron chi connectivity index (χ2n) is 8.20. The first kappa shape index (κ1) is 19.2. The van der Waals surface area contributed by atoms with Crippen molar-refractivity contribution in [3.63, 3.8) is 0 Å². The van der Waals surface area contributed by atoms with Gasteiger partial charge in [-0.25, -0.2) is 4.79 Å². The van der Waals surface area contributed by atoms with Gasteiger partial charge in [-0.15, -0.1) is 6.58 Å². The smallest absolute Gasteiger partial charge is 0.411 e. The highest BCUT2D eigenvalue weighted by Crippen LogP contribution is 2.43. The van der Waals surface area contributed by atoms with Crippen molar-refractivity contribution >= 4 is 12.0 Å². The summed E-state index contributed by atoms with van der Waals surface area (Å²) in [5, 5.41) is 0. The van der Waals surface area contributed by atoms with E-state index in [2.05, 4.69) is 6.58 Å². The van der Waals surface area contributed by atoms with E-state index < -0.39 is 17.2 Å². The molecule has 5 nitrogen and oxygen atoms in total. The summed E-state index contributed by atoms with van der Waals surface area (Å²) >= 11 is 0. The molecular weight excluding hydrogens is 340 g/mol. The Labute approximate surface area is 161 Å². The van der Waals surface area contributed by atoms with Gasteiger partial charge in [0.05, 0.1) is 6.04 Å². The molecule has 1 aromatic carbocycles. The minimum Gasteiger partial charge on any atom is -0.444 e. The summed E-state index contributed by atoms with van der Waals surface area (Å²) in [6.45, 7) is 10.2. The molecule has 0 aliphatic carbocycles. The maximum atomic E-state index is 13.6. The van der Waals surface area contributed by atoms with Crippen LogP contribution >= 0.6 is 0 Å². The van der Waals surface area contributed by atoms with E-state index in [0.29, 0.717) is 19.5 Å². The van der Waals surface area contributed by atoms with Crippen LogP contribution in [0.5, 0.6) is 0 Å². The van der Waals surface area contributed by atoms with Gasteiger partial charge in [-0.1, -0.05) is 48.6 Å². The van der Waals surface area contributed by atoms with Crippen LogP contribution in [-0.2, 0) is 16.1 Å². The number of benzene rings is 1. The van der Waals surface area contributed by atoms with Crippen molar-refractivity contribution in [1.82, 2.24) is 9.80 Å². The summed E-state index contributed by atoms with van der Waals surface area (Å²) in [6, 6.07) is 9.78. The van der Waals surface area contributed by atoms with Gasteiger partial charge < -0.3 is 9.64 Å². The minimum absolute atomic E-state index is 0.0756. The lowest BCUT2D eigenvalue weighted by Gasteiger charge is -2.37. The van der Waals surface area contributed by atoms with E-state index in [-0.39, 0.29) is 11.9 Å². The first-order valence-electron chi connectivity index (χ1n) is 9.43.